The molecule has 0 saturated heterocycles. The van der Waals surface area contributed by atoms with Crippen LogP contribution in [0.15, 0.2) is 83.4 Å². The van der Waals surface area contributed by atoms with Gasteiger partial charge in [-0.15, -0.1) is 0 Å². The van der Waals surface area contributed by atoms with Crippen LogP contribution in [-0.2, 0) is 11.3 Å². The molecule has 0 bridgehead atoms. The molecule has 3 aromatic carbocycles. The van der Waals surface area contributed by atoms with E-state index in [1.165, 1.54) is 7.11 Å². The Morgan fingerprint density at radius 2 is 1.68 bits per heavy atom. The van der Waals surface area contributed by atoms with Gasteiger partial charge >= 0.3 is 0 Å². The van der Waals surface area contributed by atoms with Gasteiger partial charge in [0.05, 0.1) is 7.11 Å². The van der Waals surface area contributed by atoms with Gasteiger partial charge in [-0.2, -0.15) is 4.98 Å². The maximum atomic E-state index is 12.1. The highest BCUT2D eigenvalue weighted by atomic mass is 16.5. The smallest absolute Gasteiger partial charge is 0.258 e. The van der Waals surface area contributed by atoms with Crippen LogP contribution >= 0.6 is 0 Å². The van der Waals surface area contributed by atoms with Crippen LogP contribution in [0, 0.1) is 0 Å². The van der Waals surface area contributed by atoms with E-state index in [2.05, 4.69) is 15.5 Å². The summed E-state index contributed by atoms with van der Waals surface area (Å²) in [5, 5.41) is 6.87. The number of nitrogens with one attached hydrogen (secondary N) is 1. The predicted octanol–water partition coefficient (Wildman–Crippen LogP) is 4.11. The number of carbonyl (C=O) groups excluding carboxylic acids is 1. The second kappa shape index (κ2) is 9.58. The van der Waals surface area contributed by atoms with Crippen molar-refractivity contribution in [3.63, 3.8) is 0 Å². The molecule has 156 valence electrons. The highest BCUT2D eigenvalue weighted by Gasteiger charge is 2.14. The van der Waals surface area contributed by atoms with E-state index >= 15 is 0 Å². The van der Waals surface area contributed by atoms with Gasteiger partial charge in [-0.3, -0.25) is 4.79 Å². The summed E-state index contributed by atoms with van der Waals surface area (Å²) in [6, 6.07) is 24.5. The van der Waals surface area contributed by atoms with Gasteiger partial charge in [-0.1, -0.05) is 53.7 Å². The third-order valence-electron chi connectivity index (χ3n) is 4.56. The Morgan fingerprint density at radius 3 is 2.42 bits per heavy atom. The van der Waals surface area contributed by atoms with Crippen molar-refractivity contribution in [3.8, 4) is 34.3 Å². The van der Waals surface area contributed by atoms with E-state index in [0.29, 0.717) is 35.3 Å². The van der Waals surface area contributed by atoms with Crippen molar-refractivity contribution in [2.75, 3.05) is 13.7 Å². The Hall–Kier alpha value is -4.13. The molecule has 31 heavy (non-hydrogen) atoms. The zero-order valence-electron chi connectivity index (χ0n) is 16.9. The van der Waals surface area contributed by atoms with Crippen molar-refractivity contribution in [1.29, 1.82) is 0 Å². The average Bonchev–Trinajstić information content (AvgIpc) is 3.33. The lowest BCUT2D eigenvalue weighted by molar-refractivity contribution is -0.123. The molecule has 4 aromatic rings. The third-order valence-corrected chi connectivity index (χ3v) is 4.56. The first-order valence-corrected chi connectivity index (χ1v) is 9.74. The molecule has 4 rings (SSSR count). The minimum atomic E-state index is -0.222. The summed E-state index contributed by atoms with van der Waals surface area (Å²) >= 11 is 0. The molecule has 1 heterocycles. The van der Waals surface area contributed by atoms with E-state index < -0.39 is 0 Å². The normalized spacial score (nSPS) is 10.5. The molecule has 0 aliphatic carbocycles. The third kappa shape index (κ3) is 5.08. The van der Waals surface area contributed by atoms with Crippen LogP contribution in [0.25, 0.3) is 22.8 Å². The van der Waals surface area contributed by atoms with Crippen LogP contribution in [-0.4, -0.2) is 29.8 Å². The van der Waals surface area contributed by atoms with Gasteiger partial charge in [0, 0.05) is 17.7 Å². The number of carbonyl (C=O) groups is 1. The van der Waals surface area contributed by atoms with Gasteiger partial charge in [0.2, 0.25) is 5.82 Å². The first kappa shape index (κ1) is 20.2. The van der Waals surface area contributed by atoms with Crippen LogP contribution < -0.4 is 14.8 Å². The maximum absolute atomic E-state index is 12.1. The van der Waals surface area contributed by atoms with Crippen molar-refractivity contribution < 1.29 is 18.8 Å². The Balaban J connectivity index is 1.40. The molecule has 1 aromatic heterocycles. The van der Waals surface area contributed by atoms with Crippen molar-refractivity contribution >= 4 is 5.91 Å². The molecule has 0 aliphatic rings. The average molecular weight is 415 g/mol. The molecule has 0 unspecified atom stereocenters. The number of ether oxygens (including phenoxy) is 2. The zero-order chi connectivity index (χ0) is 21.5. The van der Waals surface area contributed by atoms with Gasteiger partial charge < -0.3 is 19.3 Å². The minimum absolute atomic E-state index is 0.122. The fourth-order valence-corrected chi connectivity index (χ4v) is 2.96. The summed E-state index contributed by atoms with van der Waals surface area (Å²) < 4.78 is 16.4. The number of methoxy groups -OCH3 is 1. The monoisotopic (exact) mass is 415 g/mol. The molecule has 7 heteroatoms. The van der Waals surface area contributed by atoms with Gasteiger partial charge in [0.1, 0.15) is 0 Å². The van der Waals surface area contributed by atoms with E-state index in [9.17, 15) is 4.79 Å². The van der Waals surface area contributed by atoms with Crippen molar-refractivity contribution in [1.82, 2.24) is 15.5 Å². The first-order chi connectivity index (χ1) is 15.2. The van der Waals surface area contributed by atoms with Gasteiger partial charge in [-0.05, 0) is 35.9 Å². The maximum Gasteiger partial charge on any atom is 0.258 e. The summed E-state index contributed by atoms with van der Waals surface area (Å²) in [4.78, 5) is 16.6. The number of hydrogen-bond acceptors (Lipinski definition) is 6. The quantitative estimate of drug-likeness (QED) is 0.466. The number of aromatic nitrogens is 2. The van der Waals surface area contributed by atoms with E-state index in [1.807, 2.05) is 60.7 Å². The fourth-order valence-electron chi connectivity index (χ4n) is 2.96. The van der Waals surface area contributed by atoms with Gasteiger partial charge in [-0.25, -0.2) is 0 Å². The number of nitrogens with zero attached hydrogens (tertiary/aromatic N) is 2. The predicted molar refractivity (Wildman–Crippen MR) is 116 cm³/mol. The number of benzene rings is 3. The zero-order valence-corrected chi connectivity index (χ0v) is 16.9. The lowest BCUT2D eigenvalue weighted by Crippen LogP contribution is -2.28. The van der Waals surface area contributed by atoms with Crippen LogP contribution in [0.4, 0.5) is 0 Å². The van der Waals surface area contributed by atoms with Crippen LogP contribution in [0.3, 0.4) is 0 Å². The van der Waals surface area contributed by atoms with E-state index in [-0.39, 0.29) is 12.5 Å². The number of amides is 1. The summed E-state index contributed by atoms with van der Waals surface area (Å²) in [5.41, 5.74) is 2.58. The molecule has 0 saturated carbocycles. The molecule has 7 nitrogen and oxygen atoms in total. The second-order valence-corrected chi connectivity index (χ2v) is 6.71. The second-order valence-electron chi connectivity index (χ2n) is 6.71. The Bertz CT molecular complexity index is 1140. The Morgan fingerprint density at radius 1 is 0.935 bits per heavy atom. The topological polar surface area (TPSA) is 86.5 Å². The minimum Gasteiger partial charge on any atom is -0.493 e. The lowest BCUT2D eigenvalue weighted by Gasteiger charge is -2.11. The highest BCUT2D eigenvalue weighted by Crippen LogP contribution is 2.32. The molecular formula is C24H21N3O4. The molecular weight excluding hydrogens is 394 g/mol. The molecule has 0 aliphatic heterocycles. The van der Waals surface area contributed by atoms with Gasteiger partial charge in [0.15, 0.2) is 18.1 Å². The standard InChI is InChI=1S/C24H21N3O4/c1-29-21-14-19(23-26-24(31-27-23)18-10-6-3-7-11-18)12-13-20(21)30-16-22(28)25-15-17-8-4-2-5-9-17/h2-14H,15-16H2,1H3,(H,25,28). The summed E-state index contributed by atoms with van der Waals surface area (Å²) in [6.45, 7) is 0.323. The molecule has 0 fully saturated rings. The summed E-state index contributed by atoms with van der Waals surface area (Å²) in [6.07, 6.45) is 0. The van der Waals surface area contributed by atoms with E-state index in [4.69, 9.17) is 14.0 Å². The Labute approximate surface area is 179 Å². The first-order valence-electron chi connectivity index (χ1n) is 9.74. The molecule has 0 atom stereocenters. The number of rotatable bonds is 8. The molecule has 1 amide bonds. The van der Waals surface area contributed by atoms with Crippen molar-refractivity contribution in [2.45, 2.75) is 6.54 Å². The molecule has 0 radical (unpaired) electrons. The van der Waals surface area contributed by atoms with E-state index in [1.54, 1.807) is 18.2 Å². The molecule has 0 spiro atoms. The van der Waals surface area contributed by atoms with Crippen molar-refractivity contribution in [3.05, 3.63) is 84.4 Å². The Kier molecular flexibility index (Phi) is 6.23. The largest absolute Gasteiger partial charge is 0.493 e. The fraction of sp³-hybridized carbons (Fsp3) is 0.125. The van der Waals surface area contributed by atoms with E-state index in [0.717, 1.165) is 11.1 Å². The SMILES string of the molecule is COc1cc(-c2noc(-c3ccccc3)n2)ccc1OCC(=O)NCc1ccccc1. The summed E-state index contributed by atoms with van der Waals surface area (Å²) in [7, 11) is 1.53. The lowest BCUT2D eigenvalue weighted by atomic mass is 10.2. The summed E-state index contributed by atoms with van der Waals surface area (Å²) in [5.74, 6) is 1.57. The van der Waals surface area contributed by atoms with Crippen LogP contribution in [0.2, 0.25) is 0 Å². The van der Waals surface area contributed by atoms with Crippen LogP contribution in [0.1, 0.15) is 5.56 Å². The number of hydrogen-bond donors (Lipinski definition) is 1. The highest BCUT2D eigenvalue weighted by molar-refractivity contribution is 5.77. The van der Waals surface area contributed by atoms with Crippen LogP contribution in [0.5, 0.6) is 11.5 Å². The van der Waals surface area contributed by atoms with Crippen molar-refractivity contribution in [2.24, 2.45) is 0 Å². The van der Waals surface area contributed by atoms with Gasteiger partial charge in [0.25, 0.3) is 11.8 Å². The molecule has 1 N–H and O–H groups in total.